The quantitative estimate of drug-likeness (QED) is 0.0645. The second-order valence-corrected chi connectivity index (χ2v) is 16.0. The molecule has 1 aromatic carbocycles. The Kier molecular flexibility index (Phi) is 52.8. The van der Waals surface area contributed by atoms with Crippen molar-refractivity contribution in [1.82, 2.24) is 0 Å². The van der Waals surface area contributed by atoms with E-state index in [1.54, 1.807) is 6.08 Å². The van der Waals surface area contributed by atoms with Crippen molar-refractivity contribution in [2.45, 2.75) is 132 Å². The van der Waals surface area contributed by atoms with Crippen molar-refractivity contribution in [3.05, 3.63) is 142 Å². The SMILES string of the molecule is C=CCBr.C=CCC(F)(F)C(=O)C(F)(F)F.C=CCC(F)(F)C(C)(C=C)C(F)(F)F.C=Cc1ccccc1.CC.CC1(C(F)(F)F)C=CCC1(F)F.OC(C(F)(F)F)C(F)(F)F.OC1(C(F)(F)F)C=CCC1(F)F.[Br-].[CH-]=C.[H+].[Mg+2].[Na+].[O-]C(=C(F)F)C(F)(F)F. The fourth-order valence-electron chi connectivity index (χ4n) is 4.26. The van der Waals surface area contributed by atoms with Crippen molar-refractivity contribution < 1.29 is 204 Å². The Morgan fingerprint density at radius 2 is 1.02 bits per heavy atom. The van der Waals surface area contributed by atoms with Crippen LogP contribution in [0.2, 0.25) is 0 Å². The van der Waals surface area contributed by atoms with Gasteiger partial charge in [-0.25, -0.2) is 26.3 Å². The van der Waals surface area contributed by atoms with Gasteiger partial charge in [-0.3, -0.25) is 11.4 Å². The maximum atomic E-state index is 13.1. The van der Waals surface area contributed by atoms with Crippen molar-refractivity contribution in [3.8, 4) is 0 Å². The molecule has 0 aromatic heterocycles. The molecule has 0 aliphatic heterocycles. The van der Waals surface area contributed by atoms with Gasteiger partial charge in [-0.05, 0) is 25.5 Å². The molecule has 0 heterocycles. The predicted octanol–water partition coefficient (Wildman–Crippen LogP) is 13.1. The number of hydrogen-bond acceptors (Lipinski definition) is 4. The summed E-state index contributed by atoms with van der Waals surface area (Å²) in [6.45, 7) is 27.6. The number of ketones is 1. The number of halogens is 33. The fourth-order valence-corrected chi connectivity index (χ4v) is 4.26. The van der Waals surface area contributed by atoms with Gasteiger partial charge in [0.1, 0.15) is 10.8 Å². The molecule has 0 fully saturated rings. The van der Waals surface area contributed by atoms with Crippen molar-refractivity contribution in [2.24, 2.45) is 10.8 Å². The maximum absolute atomic E-state index is 13.1. The molecule has 3 atom stereocenters. The third kappa shape index (κ3) is 36.8. The summed E-state index contributed by atoms with van der Waals surface area (Å²) in [5, 5.41) is 26.2. The summed E-state index contributed by atoms with van der Waals surface area (Å²) in [4.78, 5) is 9.95. The Morgan fingerprint density at radius 3 is 1.17 bits per heavy atom. The van der Waals surface area contributed by atoms with Crippen LogP contribution in [0.1, 0.15) is 60.4 Å². The van der Waals surface area contributed by atoms with Gasteiger partial charge in [0.05, 0.1) is 0 Å². The van der Waals surface area contributed by atoms with E-state index in [2.05, 4.69) is 62.0 Å². The molecule has 0 bridgehead atoms. The van der Waals surface area contributed by atoms with Crippen LogP contribution in [0.5, 0.6) is 0 Å². The van der Waals surface area contributed by atoms with Gasteiger partial charge >= 0.3 is 109 Å². The Bertz CT molecular complexity index is 2160. The van der Waals surface area contributed by atoms with E-state index in [-0.39, 0.29) is 83.2 Å². The summed E-state index contributed by atoms with van der Waals surface area (Å²) < 4.78 is 364. The molecule has 4 nitrogen and oxygen atoms in total. The van der Waals surface area contributed by atoms with Gasteiger partial charge in [-0.1, -0.05) is 115 Å². The van der Waals surface area contributed by atoms with Crippen LogP contribution in [-0.4, -0.2) is 123 Å². The van der Waals surface area contributed by atoms with E-state index in [0.29, 0.717) is 32.1 Å². The Balaban J connectivity index is -0.0000000866. The van der Waals surface area contributed by atoms with Crippen molar-refractivity contribution in [2.75, 3.05) is 5.33 Å². The zero-order chi connectivity index (χ0) is 70.3. The van der Waals surface area contributed by atoms with Crippen LogP contribution in [0, 0.1) is 17.4 Å². The third-order valence-corrected chi connectivity index (χ3v) is 9.70. The monoisotopic (exact) mass is 1500 g/mol. The number of Topliss-reactive ketones (excluding diaryl/α,β-unsaturated/α-hetero) is 1. The van der Waals surface area contributed by atoms with E-state index in [0.717, 1.165) is 17.5 Å². The fraction of sp³-hybridized carbons (Fsp3) is 0.490. The van der Waals surface area contributed by atoms with E-state index in [1.807, 2.05) is 50.3 Å². The minimum atomic E-state index is -5.63. The van der Waals surface area contributed by atoms with E-state index in [9.17, 15) is 146 Å². The summed E-state index contributed by atoms with van der Waals surface area (Å²) in [5.41, 5.74) is -9.01. The second kappa shape index (κ2) is 43.6. The molecule has 1 aromatic rings. The Labute approximate surface area is 542 Å². The van der Waals surface area contributed by atoms with Crippen LogP contribution < -0.4 is 51.6 Å². The number of aliphatic hydroxyl groups excluding tert-OH is 1. The van der Waals surface area contributed by atoms with E-state index in [1.165, 1.54) is 5.56 Å². The number of carbonyl (C=O) groups excluding carboxylic acids is 1. The van der Waals surface area contributed by atoms with Gasteiger partial charge in [0, 0.05) is 36.8 Å². The maximum Gasteiger partial charge on any atom is 2.00 e. The minimum Gasteiger partial charge on any atom is -1.00 e. The van der Waals surface area contributed by atoms with Crippen LogP contribution in [0.25, 0.3) is 6.08 Å². The molecule has 3 unspecified atom stereocenters. The molecular weight excluding hydrogens is 1450 g/mol. The van der Waals surface area contributed by atoms with Crippen LogP contribution >= 0.6 is 15.9 Å². The number of benzene rings is 1. The average molecular weight is 1500 g/mol. The van der Waals surface area contributed by atoms with Gasteiger partial charge in [-0.15, -0.1) is 26.3 Å². The van der Waals surface area contributed by atoms with Gasteiger partial charge in [0.15, 0.2) is 0 Å². The number of aliphatic hydroxyl groups is 2. The average Bonchev–Trinajstić information content (AvgIpc) is 3.82. The Hall–Kier alpha value is -3.17. The first-order valence-corrected chi connectivity index (χ1v) is 22.9. The molecule has 506 valence electrons. The predicted molar refractivity (Wildman–Crippen MR) is 260 cm³/mol. The summed E-state index contributed by atoms with van der Waals surface area (Å²) in [5.74, 6) is -22.3. The molecule has 3 rings (SSSR count). The molecule has 2 aliphatic carbocycles. The van der Waals surface area contributed by atoms with Crippen LogP contribution in [0.3, 0.4) is 0 Å². The number of allylic oxidation sites excluding steroid dienone is 8. The number of hydrogen-bond donors (Lipinski definition) is 2. The summed E-state index contributed by atoms with van der Waals surface area (Å²) >= 11 is 3.13. The van der Waals surface area contributed by atoms with Crippen LogP contribution in [0.15, 0.2) is 130 Å². The molecule has 0 saturated carbocycles. The molecule has 2 aliphatic rings. The normalized spacial score (nSPS) is 17.8. The number of carbonyl (C=O) groups is 1. The van der Waals surface area contributed by atoms with Gasteiger partial charge in [0.25, 0.3) is 23.8 Å². The van der Waals surface area contributed by atoms with Gasteiger partial charge < -0.3 is 38.9 Å². The molecule has 0 radical (unpaired) electrons. The van der Waals surface area contributed by atoms with E-state index >= 15 is 0 Å². The molecule has 0 amide bonds. The molecule has 0 spiro atoms. The van der Waals surface area contributed by atoms with E-state index < -0.39 is 133 Å². The first kappa shape index (κ1) is 106. The minimum absolute atomic E-state index is 0. The molecule has 0 saturated heterocycles. The van der Waals surface area contributed by atoms with Crippen LogP contribution in [0.4, 0.5) is 136 Å². The molecule has 39 heteroatoms. The summed E-state index contributed by atoms with van der Waals surface area (Å²) in [7, 11) is 0. The summed E-state index contributed by atoms with van der Waals surface area (Å²) in [6.07, 6.45) is -41.9. The van der Waals surface area contributed by atoms with Crippen LogP contribution in [-0.2, 0) is 4.79 Å². The standard InChI is InChI=1S/C9H11F5.C8H8.C7H7F5.2C6H5F5O.C3H5Br.C3H2F6O.C3HF5O.C2H6.C2H3.BrH.Mg.Na/c1-4-6-8(10,11)7(3,5-2)9(12,13)14;1-2-8-6-4-3-5-7-8;1-5(7(10,11)12)3-2-4-6(5,8)9;7-5(8)3-1-2-4(5,12)6(9,10)11;1-2-3-5(7,8)4(12)6(9,10)11;1-2-3-4;4-2(5,6)1(10)3(7,8)9;4-2(5)1(9)3(6,7)8;2*1-2;;;/h4-5H,1-2,6H2,3H3;2-7H,1H2;2-3H,4H2,1H3;1-2,12H,3H2;2H,1,3H2;2H,1,3H2;1,10H;9H;1-2H3;1H,2H2;1H;;/q;;;;;;;;;-1;;+2;+1/p-1. The van der Waals surface area contributed by atoms with Gasteiger partial charge in [0.2, 0.25) is 11.7 Å². The first-order valence-electron chi connectivity index (χ1n) is 21.7. The smallest absolute Gasteiger partial charge is 1.00 e. The second-order valence-electron chi connectivity index (χ2n) is 15.3. The zero-order valence-corrected chi connectivity index (χ0v) is 52.5. The molecular formula is C49H53Br2F31MgNaO4+. The van der Waals surface area contributed by atoms with Crippen molar-refractivity contribution in [1.29, 1.82) is 0 Å². The molecule has 2 N–H and O–H groups in total. The first-order chi connectivity index (χ1) is 37.6. The third-order valence-electron chi connectivity index (χ3n) is 9.24. The Morgan fingerprint density at radius 1 is 0.670 bits per heavy atom. The zero-order valence-electron chi connectivity index (χ0n) is 46.9. The van der Waals surface area contributed by atoms with Crippen molar-refractivity contribution >= 4 is 50.8 Å². The summed E-state index contributed by atoms with van der Waals surface area (Å²) in [6, 6.07) is 10.0. The molecule has 88 heavy (non-hydrogen) atoms. The number of rotatable bonds is 9. The number of alkyl halides is 30. The van der Waals surface area contributed by atoms with E-state index in [4.69, 9.17) is 10.2 Å². The topological polar surface area (TPSA) is 80.6 Å². The largest absolute Gasteiger partial charge is 2.00 e. The van der Waals surface area contributed by atoms with Crippen molar-refractivity contribution in [3.63, 3.8) is 0 Å². The van der Waals surface area contributed by atoms with Gasteiger partial charge in [-0.2, -0.15) is 110 Å².